The van der Waals surface area contributed by atoms with E-state index in [2.05, 4.69) is 15.5 Å². The van der Waals surface area contributed by atoms with Crippen molar-refractivity contribution in [1.82, 2.24) is 4.98 Å². The third kappa shape index (κ3) is 4.54. The molecule has 25 heavy (non-hydrogen) atoms. The van der Waals surface area contributed by atoms with Crippen molar-refractivity contribution in [3.05, 3.63) is 46.6 Å². The summed E-state index contributed by atoms with van der Waals surface area (Å²) in [4.78, 5) is 3.66. The van der Waals surface area contributed by atoms with Gasteiger partial charge in [0.15, 0.2) is 17.3 Å². The van der Waals surface area contributed by atoms with E-state index in [9.17, 15) is 13.2 Å². The monoisotopic (exact) mass is 373 g/mol. The number of anilines is 1. The molecule has 5 nitrogen and oxygen atoms in total. The average Bonchev–Trinajstić information content (AvgIpc) is 2.58. The molecule has 134 valence electrons. The highest BCUT2D eigenvalue weighted by Crippen LogP contribution is 2.32. The van der Waals surface area contributed by atoms with Crippen LogP contribution in [0.5, 0.6) is 11.5 Å². The first-order valence-electron chi connectivity index (χ1n) is 7.01. The lowest BCUT2D eigenvalue weighted by molar-refractivity contribution is -0.137. The van der Waals surface area contributed by atoms with E-state index in [1.165, 1.54) is 14.2 Å². The van der Waals surface area contributed by atoms with Gasteiger partial charge in [0.05, 0.1) is 30.5 Å². The summed E-state index contributed by atoms with van der Waals surface area (Å²) in [6.45, 7) is 1.71. The van der Waals surface area contributed by atoms with Gasteiger partial charge in [0, 0.05) is 11.8 Å². The largest absolute Gasteiger partial charge is 0.493 e. The maximum absolute atomic E-state index is 12.6. The highest BCUT2D eigenvalue weighted by molar-refractivity contribution is 6.33. The van der Waals surface area contributed by atoms with Crippen molar-refractivity contribution in [2.45, 2.75) is 13.1 Å². The predicted octanol–water partition coefficient (Wildman–Crippen LogP) is 4.61. The van der Waals surface area contributed by atoms with Crippen LogP contribution < -0.4 is 14.9 Å². The molecule has 0 aliphatic carbocycles. The molecule has 1 aromatic heterocycles. The third-order valence-electron chi connectivity index (χ3n) is 3.30. The molecule has 0 bridgehead atoms. The van der Waals surface area contributed by atoms with E-state index in [1.807, 2.05) is 0 Å². The Labute approximate surface area is 147 Å². The summed E-state index contributed by atoms with van der Waals surface area (Å²) >= 11 is 5.82. The smallest absolute Gasteiger partial charge is 0.417 e. The van der Waals surface area contributed by atoms with Gasteiger partial charge in [-0.3, -0.25) is 5.43 Å². The summed E-state index contributed by atoms with van der Waals surface area (Å²) in [7, 11) is 3.04. The van der Waals surface area contributed by atoms with Crippen molar-refractivity contribution in [1.29, 1.82) is 0 Å². The number of hydrogen-bond acceptors (Lipinski definition) is 5. The Hall–Kier alpha value is -2.48. The normalized spacial score (nSPS) is 12.0. The second-order valence-corrected chi connectivity index (χ2v) is 5.34. The van der Waals surface area contributed by atoms with Crippen LogP contribution in [0.4, 0.5) is 19.0 Å². The van der Waals surface area contributed by atoms with Crippen LogP contribution in [0.15, 0.2) is 35.6 Å². The second kappa shape index (κ2) is 7.60. The molecule has 0 saturated heterocycles. The van der Waals surface area contributed by atoms with E-state index >= 15 is 0 Å². The average molecular weight is 374 g/mol. The van der Waals surface area contributed by atoms with E-state index in [0.717, 1.165) is 11.6 Å². The zero-order chi connectivity index (χ0) is 18.6. The Kier molecular flexibility index (Phi) is 5.73. The molecule has 0 fully saturated rings. The Balaban J connectivity index is 2.21. The molecule has 0 spiro atoms. The first-order valence-corrected chi connectivity index (χ1v) is 7.39. The van der Waals surface area contributed by atoms with Gasteiger partial charge < -0.3 is 9.47 Å². The number of halogens is 4. The highest BCUT2D eigenvalue weighted by atomic mass is 35.5. The lowest BCUT2D eigenvalue weighted by atomic mass is 10.1. The Morgan fingerprint density at radius 1 is 1.16 bits per heavy atom. The van der Waals surface area contributed by atoms with Gasteiger partial charge in [0.25, 0.3) is 0 Å². The number of aromatic nitrogens is 1. The Morgan fingerprint density at radius 3 is 2.40 bits per heavy atom. The standard InChI is InChI=1S/C16H15ClF3N3O2/c1-9(10-4-5-13(24-2)14(6-10)25-3)22-23-15-12(17)7-11(8-21-15)16(18,19)20/h4-8H,1-3H3,(H,21,23)/b22-9+. The molecule has 1 aromatic carbocycles. The minimum atomic E-state index is -4.51. The summed E-state index contributed by atoms with van der Waals surface area (Å²) < 4.78 is 48.2. The van der Waals surface area contributed by atoms with Crippen LogP contribution in [0.2, 0.25) is 5.02 Å². The molecule has 2 aromatic rings. The van der Waals surface area contributed by atoms with E-state index in [-0.39, 0.29) is 10.8 Å². The number of hydrogen-bond donors (Lipinski definition) is 1. The van der Waals surface area contributed by atoms with Gasteiger partial charge in [-0.15, -0.1) is 0 Å². The van der Waals surface area contributed by atoms with E-state index < -0.39 is 11.7 Å². The summed E-state index contributed by atoms with van der Waals surface area (Å²) in [5.41, 5.74) is 2.92. The lowest BCUT2D eigenvalue weighted by Gasteiger charge is -2.10. The van der Waals surface area contributed by atoms with E-state index in [0.29, 0.717) is 23.4 Å². The number of ether oxygens (including phenoxy) is 2. The van der Waals surface area contributed by atoms with Crippen molar-refractivity contribution >= 4 is 23.1 Å². The topological polar surface area (TPSA) is 55.7 Å². The number of benzene rings is 1. The summed E-state index contributed by atoms with van der Waals surface area (Å²) in [6.07, 6.45) is -3.82. The molecular weight excluding hydrogens is 359 g/mol. The molecule has 0 atom stereocenters. The van der Waals surface area contributed by atoms with Gasteiger partial charge in [-0.1, -0.05) is 11.6 Å². The zero-order valence-corrected chi connectivity index (χ0v) is 14.4. The first-order chi connectivity index (χ1) is 11.8. The Morgan fingerprint density at radius 2 is 1.84 bits per heavy atom. The predicted molar refractivity (Wildman–Crippen MR) is 89.6 cm³/mol. The van der Waals surface area contributed by atoms with Crippen molar-refractivity contribution in [2.75, 3.05) is 19.6 Å². The van der Waals surface area contributed by atoms with Crippen molar-refractivity contribution in [3.63, 3.8) is 0 Å². The van der Waals surface area contributed by atoms with Crippen LogP contribution in [0, 0.1) is 0 Å². The fourth-order valence-corrected chi connectivity index (χ4v) is 2.15. The fourth-order valence-electron chi connectivity index (χ4n) is 1.94. The van der Waals surface area contributed by atoms with Crippen LogP contribution in [-0.2, 0) is 6.18 Å². The maximum Gasteiger partial charge on any atom is 0.417 e. The maximum atomic E-state index is 12.6. The zero-order valence-electron chi connectivity index (χ0n) is 13.6. The molecule has 2 rings (SSSR count). The molecular formula is C16H15ClF3N3O2. The van der Waals surface area contributed by atoms with Gasteiger partial charge >= 0.3 is 6.18 Å². The minimum absolute atomic E-state index is 0.0227. The minimum Gasteiger partial charge on any atom is -0.493 e. The number of nitrogens with zero attached hydrogens (tertiary/aromatic N) is 2. The van der Waals surface area contributed by atoms with E-state index in [1.54, 1.807) is 25.1 Å². The fraction of sp³-hybridized carbons (Fsp3) is 0.250. The van der Waals surface area contributed by atoms with Crippen molar-refractivity contribution in [3.8, 4) is 11.5 Å². The van der Waals surface area contributed by atoms with Crippen molar-refractivity contribution < 1.29 is 22.6 Å². The van der Waals surface area contributed by atoms with E-state index in [4.69, 9.17) is 21.1 Å². The quantitative estimate of drug-likeness (QED) is 0.614. The summed E-state index contributed by atoms with van der Waals surface area (Å²) in [6, 6.07) is 6.00. The Bertz CT molecular complexity index is 795. The van der Waals surface area contributed by atoms with Gasteiger partial charge in [-0.05, 0) is 31.2 Å². The lowest BCUT2D eigenvalue weighted by Crippen LogP contribution is -2.07. The number of rotatable bonds is 5. The van der Waals surface area contributed by atoms with Gasteiger partial charge in [0.1, 0.15) is 0 Å². The summed E-state index contributed by atoms with van der Waals surface area (Å²) in [5, 5.41) is 3.91. The molecule has 0 unspecified atom stereocenters. The SMILES string of the molecule is COc1ccc(/C(C)=N/Nc2ncc(C(F)(F)F)cc2Cl)cc1OC. The number of hydrazone groups is 1. The molecule has 0 aliphatic heterocycles. The number of pyridine rings is 1. The van der Waals surface area contributed by atoms with Gasteiger partial charge in [0.2, 0.25) is 0 Å². The molecule has 0 radical (unpaired) electrons. The number of nitrogens with one attached hydrogen (secondary N) is 1. The van der Waals surface area contributed by atoms with Crippen LogP contribution in [-0.4, -0.2) is 24.9 Å². The van der Waals surface area contributed by atoms with Crippen molar-refractivity contribution in [2.24, 2.45) is 5.10 Å². The van der Waals surface area contributed by atoms with Crippen LogP contribution in [0.1, 0.15) is 18.1 Å². The summed E-state index contributed by atoms with van der Waals surface area (Å²) in [5.74, 6) is 1.12. The number of methoxy groups -OCH3 is 2. The van der Waals surface area contributed by atoms with Crippen LogP contribution >= 0.6 is 11.6 Å². The van der Waals surface area contributed by atoms with Crippen LogP contribution in [0.25, 0.3) is 0 Å². The first kappa shape index (κ1) is 18.9. The molecule has 9 heteroatoms. The second-order valence-electron chi connectivity index (χ2n) is 4.93. The molecule has 0 amide bonds. The van der Waals surface area contributed by atoms with Gasteiger partial charge in [-0.2, -0.15) is 18.3 Å². The molecule has 0 saturated carbocycles. The third-order valence-corrected chi connectivity index (χ3v) is 3.59. The van der Waals surface area contributed by atoms with Crippen LogP contribution in [0.3, 0.4) is 0 Å². The highest BCUT2D eigenvalue weighted by Gasteiger charge is 2.31. The molecule has 1 N–H and O–H groups in total. The van der Waals surface area contributed by atoms with Gasteiger partial charge in [-0.25, -0.2) is 4.98 Å². The molecule has 0 aliphatic rings. The number of alkyl halides is 3. The molecule has 1 heterocycles.